The second-order valence-electron chi connectivity index (χ2n) is 5.22. The van der Waals surface area contributed by atoms with Crippen molar-refractivity contribution in [3.63, 3.8) is 0 Å². The molecule has 0 aromatic heterocycles. The Hall–Kier alpha value is -1.36. The third-order valence-electron chi connectivity index (χ3n) is 3.04. The number of carbonyl (C=O) groups is 1. The van der Waals surface area contributed by atoms with Crippen molar-refractivity contribution in [2.24, 2.45) is 0 Å². The van der Waals surface area contributed by atoms with E-state index in [2.05, 4.69) is 0 Å². The Morgan fingerprint density at radius 3 is 2.15 bits per heavy atom. The summed E-state index contributed by atoms with van der Waals surface area (Å²) in [6, 6.07) is 5.60. The summed E-state index contributed by atoms with van der Waals surface area (Å²) in [6.45, 7) is 4.09. The van der Waals surface area contributed by atoms with Gasteiger partial charge in [0.05, 0.1) is 6.42 Å². The molecule has 20 heavy (non-hydrogen) atoms. The summed E-state index contributed by atoms with van der Waals surface area (Å²) in [5, 5.41) is 0. The minimum Gasteiger partial charge on any atom is -0.306 e. The number of benzene rings is 1. The van der Waals surface area contributed by atoms with Crippen molar-refractivity contribution in [1.29, 1.82) is 0 Å². The average Bonchev–Trinajstić information content (AvgIpc) is 2.31. The molecule has 0 N–H and O–H groups in total. The summed E-state index contributed by atoms with van der Waals surface area (Å²) < 4.78 is 36.2. The number of Topliss-reactive ketones (excluding diaryl/α,β-unsaturated/α-hetero) is 1. The largest absolute Gasteiger partial charge is 0.390 e. The molecule has 0 aliphatic heterocycles. The Morgan fingerprint density at radius 2 is 1.65 bits per heavy atom. The molecule has 0 heterocycles. The van der Waals surface area contributed by atoms with Crippen LogP contribution in [0.25, 0.3) is 0 Å². The molecule has 1 aromatic rings. The van der Waals surface area contributed by atoms with Crippen LogP contribution < -0.4 is 0 Å². The second kappa shape index (κ2) is 6.88. The SMILES string of the molecule is Cc1cc(C)cc(C(=O)CCN(C)CCC(F)(F)F)c1. The zero-order chi connectivity index (χ0) is 15.3. The molecule has 0 atom stereocenters. The Labute approximate surface area is 117 Å². The average molecular weight is 287 g/mol. The van der Waals surface area contributed by atoms with Crippen LogP contribution in [0.15, 0.2) is 18.2 Å². The molecule has 0 saturated carbocycles. The number of nitrogens with zero attached hydrogens (tertiary/aromatic N) is 1. The molecule has 0 unspecified atom stereocenters. The molecule has 0 aliphatic rings. The lowest BCUT2D eigenvalue weighted by Crippen LogP contribution is -2.26. The van der Waals surface area contributed by atoms with Gasteiger partial charge in [0.1, 0.15) is 0 Å². The van der Waals surface area contributed by atoms with Crippen molar-refractivity contribution in [3.05, 3.63) is 34.9 Å². The first-order valence-corrected chi connectivity index (χ1v) is 6.54. The van der Waals surface area contributed by atoms with Crippen LogP contribution in [-0.4, -0.2) is 37.0 Å². The number of alkyl halides is 3. The van der Waals surface area contributed by atoms with Crippen LogP contribution in [0.5, 0.6) is 0 Å². The Morgan fingerprint density at radius 1 is 1.10 bits per heavy atom. The van der Waals surface area contributed by atoms with Gasteiger partial charge in [0.2, 0.25) is 0 Å². The first kappa shape index (κ1) is 16.7. The quantitative estimate of drug-likeness (QED) is 0.742. The van der Waals surface area contributed by atoms with E-state index in [0.717, 1.165) is 11.1 Å². The van der Waals surface area contributed by atoms with Gasteiger partial charge in [-0.15, -0.1) is 0 Å². The third kappa shape index (κ3) is 6.19. The molecule has 112 valence electrons. The lowest BCUT2D eigenvalue weighted by Gasteiger charge is -2.17. The Kier molecular flexibility index (Phi) is 5.74. The van der Waals surface area contributed by atoms with E-state index in [4.69, 9.17) is 0 Å². The fraction of sp³-hybridized carbons (Fsp3) is 0.533. The maximum Gasteiger partial charge on any atom is 0.390 e. The van der Waals surface area contributed by atoms with Gasteiger partial charge in [0, 0.05) is 25.1 Å². The normalized spacial score (nSPS) is 11.9. The summed E-state index contributed by atoms with van der Waals surface area (Å²) in [5.74, 6) is -0.0318. The topological polar surface area (TPSA) is 20.3 Å². The molecule has 0 bridgehead atoms. The van der Waals surface area contributed by atoms with E-state index in [1.165, 1.54) is 4.90 Å². The molecule has 0 amide bonds. The molecule has 0 fully saturated rings. The van der Waals surface area contributed by atoms with Crippen LogP contribution in [0.1, 0.15) is 34.3 Å². The van der Waals surface area contributed by atoms with E-state index in [-0.39, 0.29) is 18.7 Å². The number of halogens is 3. The van der Waals surface area contributed by atoms with E-state index in [1.54, 1.807) is 7.05 Å². The number of carbonyl (C=O) groups excluding carboxylic acids is 1. The zero-order valence-corrected chi connectivity index (χ0v) is 12.0. The van der Waals surface area contributed by atoms with Crippen LogP contribution in [0.4, 0.5) is 13.2 Å². The second-order valence-corrected chi connectivity index (χ2v) is 5.22. The smallest absolute Gasteiger partial charge is 0.306 e. The van der Waals surface area contributed by atoms with E-state index in [0.29, 0.717) is 12.1 Å². The molecule has 2 nitrogen and oxygen atoms in total. The molecule has 5 heteroatoms. The monoisotopic (exact) mass is 287 g/mol. The molecule has 1 aromatic carbocycles. The van der Waals surface area contributed by atoms with Gasteiger partial charge in [-0.05, 0) is 33.0 Å². The first-order chi connectivity index (χ1) is 9.17. The predicted molar refractivity (Wildman–Crippen MR) is 73.0 cm³/mol. The third-order valence-corrected chi connectivity index (χ3v) is 3.04. The molecule has 1 rings (SSSR count). The van der Waals surface area contributed by atoms with Crippen molar-refractivity contribution in [3.8, 4) is 0 Å². The van der Waals surface area contributed by atoms with Crippen LogP contribution in [-0.2, 0) is 0 Å². The van der Waals surface area contributed by atoms with Crippen molar-refractivity contribution in [2.45, 2.75) is 32.9 Å². The van der Waals surface area contributed by atoms with Gasteiger partial charge in [-0.1, -0.05) is 17.2 Å². The number of aryl methyl sites for hydroxylation is 2. The van der Waals surface area contributed by atoms with Crippen molar-refractivity contribution >= 4 is 5.78 Å². The summed E-state index contributed by atoms with van der Waals surface area (Å²) in [6.07, 6.45) is -4.76. The highest BCUT2D eigenvalue weighted by Gasteiger charge is 2.27. The molecule has 0 radical (unpaired) electrons. The fourth-order valence-corrected chi connectivity index (χ4v) is 2.00. The summed E-state index contributed by atoms with van der Waals surface area (Å²) in [5.41, 5.74) is 2.66. The number of hydrogen-bond acceptors (Lipinski definition) is 2. The summed E-state index contributed by atoms with van der Waals surface area (Å²) in [4.78, 5) is 13.5. The van der Waals surface area contributed by atoms with Gasteiger partial charge < -0.3 is 4.90 Å². The number of rotatable bonds is 6. The van der Waals surface area contributed by atoms with E-state index in [9.17, 15) is 18.0 Å². The number of ketones is 1. The lowest BCUT2D eigenvalue weighted by molar-refractivity contribution is -0.137. The Bertz CT molecular complexity index is 448. The fourth-order valence-electron chi connectivity index (χ4n) is 2.00. The molecular weight excluding hydrogens is 267 g/mol. The molecule has 0 spiro atoms. The molecule has 0 aliphatic carbocycles. The van der Waals surface area contributed by atoms with Gasteiger partial charge in [-0.2, -0.15) is 13.2 Å². The van der Waals surface area contributed by atoms with Crippen LogP contribution in [0.3, 0.4) is 0 Å². The van der Waals surface area contributed by atoms with Crippen molar-refractivity contribution < 1.29 is 18.0 Å². The molecule has 0 saturated heterocycles. The first-order valence-electron chi connectivity index (χ1n) is 6.54. The van der Waals surface area contributed by atoms with Gasteiger partial charge in [0.25, 0.3) is 0 Å². The van der Waals surface area contributed by atoms with E-state index < -0.39 is 12.6 Å². The Balaban J connectivity index is 2.47. The van der Waals surface area contributed by atoms with Gasteiger partial charge >= 0.3 is 6.18 Å². The van der Waals surface area contributed by atoms with Gasteiger partial charge in [0.15, 0.2) is 5.78 Å². The van der Waals surface area contributed by atoms with Crippen LogP contribution in [0, 0.1) is 13.8 Å². The maximum absolute atomic E-state index is 12.1. The molecular formula is C15H20F3NO. The standard InChI is InChI=1S/C15H20F3NO/c1-11-8-12(2)10-13(9-11)14(20)4-6-19(3)7-5-15(16,17)18/h8-10H,4-7H2,1-3H3. The summed E-state index contributed by atoms with van der Waals surface area (Å²) >= 11 is 0. The van der Waals surface area contributed by atoms with Crippen LogP contribution in [0.2, 0.25) is 0 Å². The van der Waals surface area contributed by atoms with E-state index >= 15 is 0 Å². The highest BCUT2D eigenvalue weighted by atomic mass is 19.4. The minimum atomic E-state index is -4.15. The maximum atomic E-state index is 12.1. The van der Waals surface area contributed by atoms with Gasteiger partial charge in [-0.3, -0.25) is 4.79 Å². The van der Waals surface area contributed by atoms with E-state index in [1.807, 2.05) is 32.0 Å². The zero-order valence-electron chi connectivity index (χ0n) is 12.0. The number of hydrogen-bond donors (Lipinski definition) is 0. The van der Waals surface area contributed by atoms with Crippen LogP contribution >= 0.6 is 0 Å². The van der Waals surface area contributed by atoms with Crippen molar-refractivity contribution in [2.75, 3.05) is 20.1 Å². The predicted octanol–water partition coefficient (Wildman–Crippen LogP) is 3.76. The highest BCUT2D eigenvalue weighted by Crippen LogP contribution is 2.19. The minimum absolute atomic E-state index is 0.0318. The lowest BCUT2D eigenvalue weighted by atomic mass is 10.0. The highest BCUT2D eigenvalue weighted by molar-refractivity contribution is 5.96. The van der Waals surface area contributed by atoms with Gasteiger partial charge in [-0.25, -0.2) is 0 Å². The van der Waals surface area contributed by atoms with Crippen molar-refractivity contribution in [1.82, 2.24) is 4.90 Å². The summed E-state index contributed by atoms with van der Waals surface area (Å²) in [7, 11) is 1.60.